The first kappa shape index (κ1) is 18.8. The standard InChI is InChI=1S/C19H25N5O3/c1-23(2)19(26)14-4-5-17-16(8-14)24(3)15(12-27-17)9-18(25)20-7-6-13-10-21-22-11-13/h4-5,8,10-11,15H,6-7,9,12H2,1-3H3,(H,20,25)(H,21,22). The molecule has 27 heavy (non-hydrogen) atoms. The zero-order valence-electron chi connectivity index (χ0n) is 15.9. The molecule has 0 saturated carbocycles. The van der Waals surface area contributed by atoms with E-state index < -0.39 is 0 Å². The average Bonchev–Trinajstić information content (AvgIpc) is 3.16. The Balaban J connectivity index is 1.60. The number of carbonyl (C=O) groups is 2. The molecule has 8 heteroatoms. The van der Waals surface area contributed by atoms with Gasteiger partial charge in [-0.25, -0.2) is 0 Å². The Morgan fingerprint density at radius 2 is 2.22 bits per heavy atom. The maximum atomic E-state index is 12.3. The second kappa shape index (κ2) is 8.11. The lowest BCUT2D eigenvalue weighted by Crippen LogP contribution is -2.44. The molecular weight excluding hydrogens is 346 g/mol. The van der Waals surface area contributed by atoms with E-state index in [1.54, 1.807) is 26.4 Å². The van der Waals surface area contributed by atoms with E-state index in [0.29, 0.717) is 25.1 Å². The fraction of sp³-hybridized carbons (Fsp3) is 0.421. The summed E-state index contributed by atoms with van der Waals surface area (Å²) >= 11 is 0. The van der Waals surface area contributed by atoms with Crippen LogP contribution >= 0.6 is 0 Å². The number of fused-ring (bicyclic) bond motifs is 1. The largest absolute Gasteiger partial charge is 0.489 e. The van der Waals surface area contributed by atoms with E-state index in [-0.39, 0.29) is 17.9 Å². The lowest BCUT2D eigenvalue weighted by molar-refractivity contribution is -0.121. The monoisotopic (exact) mass is 371 g/mol. The summed E-state index contributed by atoms with van der Waals surface area (Å²) in [6, 6.07) is 5.30. The summed E-state index contributed by atoms with van der Waals surface area (Å²) in [5, 5.41) is 9.58. The van der Waals surface area contributed by atoms with Gasteiger partial charge in [-0.1, -0.05) is 0 Å². The normalized spacial score (nSPS) is 15.7. The Bertz CT molecular complexity index is 804. The van der Waals surface area contributed by atoms with Gasteiger partial charge in [0.15, 0.2) is 0 Å². The minimum Gasteiger partial charge on any atom is -0.489 e. The lowest BCUT2D eigenvalue weighted by atomic mass is 10.1. The van der Waals surface area contributed by atoms with Crippen LogP contribution in [0.4, 0.5) is 5.69 Å². The highest BCUT2D eigenvalue weighted by atomic mass is 16.5. The van der Waals surface area contributed by atoms with Crippen LogP contribution in [0.15, 0.2) is 30.6 Å². The van der Waals surface area contributed by atoms with Gasteiger partial charge in [-0.05, 0) is 30.2 Å². The van der Waals surface area contributed by atoms with E-state index in [0.717, 1.165) is 23.4 Å². The minimum absolute atomic E-state index is 0.0251. The van der Waals surface area contributed by atoms with Crippen molar-refractivity contribution in [1.29, 1.82) is 0 Å². The van der Waals surface area contributed by atoms with Gasteiger partial charge in [0.2, 0.25) is 5.91 Å². The quantitative estimate of drug-likeness (QED) is 0.792. The highest BCUT2D eigenvalue weighted by molar-refractivity contribution is 5.95. The number of rotatable bonds is 6. The number of carbonyl (C=O) groups excluding carboxylic acids is 2. The summed E-state index contributed by atoms with van der Waals surface area (Å²) < 4.78 is 5.81. The number of ether oxygens (including phenoxy) is 1. The van der Waals surface area contributed by atoms with Gasteiger partial charge in [-0.2, -0.15) is 5.10 Å². The minimum atomic E-state index is -0.0869. The molecule has 1 aromatic heterocycles. The summed E-state index contributed by atoms with van der Waals surface area (Å²) in [7, 11) is 5.37. The molecule has 1 unspecified atom stereocenters. The number of nitrogens with zero attached hydrogens (tertiary/aromatic N) is 3. The Kier molecular flexibility index (Phi) is 5.63. The SMILES string of the molecule is CN(C)C(=O)c1ccc2c(c1)N(C)C(CC(=O)NCCc1cn[nH]c1)CO2. The summed E-state index contributed by atoms with van der Waals surface area (Å²) in [5.41, 5.74) is 2.48. The molecule has 1 aromatic carbocycles. The van der Waals surface area contributed by atoms with Crippen molar-refractivity contribution < 1.29 is 14.3 Å². The lowest BCUT2D eigenvalue weighted by Gasteiger charge is -2.35. The zero-order valence-corrected chi connectivity index (χ0v) is 15.9. The number of likely N-dealkylation sites (N-methyl/N-ethyl adjacent to an activating group) is 1. The number of benzene rings is 1. The third kappa shape index (κ3) is 4.39. The van der Waals surface area contributed by atoms with Gasteiger partial charge in [0, 0.05) is 39.4 Å². The molecule has 0 fully saturated rings. The van der Waals surface area contributed by atoms with Crippen LogP contribution < -0.4 is 15.0 Å². The summed E-state index contributed by atoms with van der Waals surface area (Å²) in [4.78, 5) is 28.0. The Labute approximate surface area is 158 Å². The third-order valence-corrected chi connectivity index (χ3v) is 4.68. The molecule has 0 radical (unpaired) electrons. The van der Waals surface area contributed by atoms with Crippen molar-refractivity contribution in [3.63, 3.8) is 0 Å². The van der Waals surface area contributed by atoms with Crippen LogP contribution in [0, 0.1) is 0 Å². The van der Waals surface area contributed by atoms with Gasteiger partial charge >= 0.3 is 0 Å². The predicted molar refractivity (Wildman–Crippen MR) is 102 cm³/mol. The maximum absolute atomic E-state index is 12.3. The van der Waals surface area contributed by atoms with Crippen molar-refractivity contribution in [2.75, 3.05) is 39.2 Å². The van der Waals surface area contributed by atoms with Crippen LogP contribution in [0.3, 0.4) is 0 Å². The molecule has 2 amide bonds. The average molecular weight is 371 g/mol. The molecule has 1 aliphatic heterocycles. The van der Waals surface area contributed by atoms with E-state index >= 15 is 0 Å². The van der Waals surface area contributed by atoms with Crippen molar-refractivity contribution in [1.82, 2.24) is 20.4 Å². The first-order valence-electron chi connectivity index (χ1n) is 8.91. The van der Waals surface area contributed by atoms with Crippen molar-refractivity contribution in [3.05, 3.63) is 41.7 Å². The Hall–Kier alpha value is -3.03. The van der Waals surface area contributed by atoms with Crippen molar-refractivity contribution in [2.24, 2.45) is 0 Å². The first-order chi connectivity index (χ1) is 13.0. The summed E-state index contributed by atoms with van der Waals surface area (Å²) in [6.07, 6.45) is 4.63. The van der Waals surface area contributed by atoms with Gasteiger partial charge in [-0.3, -0.25) is 14.7 Å². The topological polar surface area (TPSA) is 90.6 Å². The predicted octanol–water partition coefficient (Wildman–Crippen LogP) is 1.06. The van der Waals surface area contributed by atoms with Crippen LogP contribution in [0.25, 0.3) is 0 Å². The van der Waals surface area contributed by atoms with Gasteiger partial charge < -0.3 is 19.9 Å². The van der Waals surface area contributed by atoms with Crippen LogP contribution in [0.2, 0.25) is 0 Å². The van der Waals surface area contributed by atoms with Gasteiger partial charge in [0.1, 0.15) is 12.4 Å². The van der Waals surface area contributed by atoms with Crippen molar-refractivity contribution in [2.45, 2.75) is 18.9 Å². The number of anilines is 1. The molecule has 1 atom stereocenters. The molecule has 2 aromatic rings. The molecule has 144 valence electrons. The molecule has 2 N–H and O–H groups in total. The van der Waals surface area contributed by atoms with E-state index in [1.165, 1.54) is 4.90 Å². The number of nitrogens with one attached hydrogen (secondary N) is 2. The second-order valence-electron chi connectivity index (χ2n) is 6.87. The summed E-state index contributed by atoms with van der Waals surface area (Å²) in [6.45, 7) is 0.993. The Morgan fingerprint density at radius 1 is 1.41 bits per heavy atom. The molecule has 0 aliphatic carbocycles. The van der Waals surface area contributed by atoms with Crippen LogP contribution in [-0.4, -0.2) is 67.2 Å². The fourth-order valence-electron chi connectivity index (χ4n) is 3.04. The molecular formula is C19H25N5O3. The number of amides is 2. The number of aromatic nitrogens is 2. The molecule has 0 spiro atoms. The molecule has 2 heterocycles. The first-order valence-corrected chi connectivity index (χ1v) is 8.91. The Morgan fingerprint density at radius 3 is 2.93 bits per heavy atom. The molecule has 3 rings (SSSR count). The highest BCUT2D eigenvalue weighted by Gasteiger charge is 2.27. The number of hydrogen-bond acceptors (Lipinski definition) is 5. The second-order valence-corrected chi connectivity index (χ2v) is 6.87. The summed E-state index contributed by atoms with van der Waals surface area (Å²) in [5.74, 6) is 0.637. The van der Waals surface area contributed by atoms with E-state index in [9.17, 15) is 9.59 Å². The zero-order chi connectivity index (χ0) is 19.4. The van der Waals surface area contributed by atoms with Gasteiger partial charge in [0.05, 0.1) is 24.3 Å². The molecule has 8 nitrogen and oxygen atoms in total. The number of H-pyrrole nitrogens is 1. The molecule has 0 saturated heterocycles. The molecule has 1 aliphatic rings. The number of hydrogen-bond donors (Lipinski definition) is 2. The van der Waals surface area contributed by atoms with E-state index in [1.807, 2.05) is 30.3 Å². The van der Waals surface area contributed by atoms with Gasteiger partial charge in [0.25, 0.3) is 5.91 Å². The molecule has 0 bridgehead atoms. The van der Waals surface area contributed by atoms with Gasteiger partial charge in [-0.15, -0.1) is 0 Å². The van der Waals surface area contributed by atoms with Crippen molar-refractivity contribution >= 4 is 17.5 Å². The van der Waals surface area contributed by atoms with Crippen molar-refractivity contribution in [3.8, 4) is 5.75 Å². The van der Waals surface area contributed by atoms with Crippen LogP contribution in [0.1, 0.15) is 22.3 Å². The van der Waals surface area contributed by atoms with E-state index in [2.05, 4.69) is 15.5 Å². The van der Waals surface area contributed by atoms with Crippen LogP contribution in [-0.2, 0) is 11.2 Å². The fourth-order valence-corrected chi connectivity index (χ4v) is 3.04. The number of aromatic amines is 1. The smallest absolute Gasteiger partial charge is 0.253 e. The third-order valence-electron chi connectivity index (χ3n) is 4.68. The van der Waals surface area contributed by atoms with Crippen LogP contribution in [0.5, 0.6) is 5.75 Å². The maximum Gasteiger partial charge on any atom is 0.253 e. The van der Waals surface area contributed by atoms with E-state index in [4.69, 9.17) is 4.74 Å². The highest BCUT2D eigenvalue weighted by Crippen LogP contribution is 2.34.